The molecule has 1 heterocycles. The van der Waals surface area contributed by atoms with E-state index < -0.39 is 0 Å². The molecule has 0 aliphatic rings. The maximum Gasteiger partial charge on any atom is 0.204 e. The number of rotatable bonds is 7. The summed E-state index contributed by atoms with van der Waals surface area (Å²) in [7, 11) is 1.64. The van der Waals surface area contributed by atoms with Crippen molar-refractivity contribution in [1.29, 1.82) is 0 Å². The van der Waals surface area contributed by atoms with Gasteiger partial charge < -0.3 is 15.4 Å². The molecule has 5 nitrogen and oxygen atoms in total. The SMILES string of the molecule is CCNc1ncnc(NC(C)CC(C)C)c1OC. The van der Waals surface area contributed by atoms with Gasteiger partial charge in [-0.3, -0.25) is 0 Å². The number of nitrogens with zero attached hydrogens (tertiary/aromatic N) is 2. The molecule has 0 spiro atoms. The van der Waals surface area contributed by atoms with E-state index in [0.717, 1.165) is 24.6 Å². The van der Waals surface area contributed by atoms with Gasteiger partial charge in [0.2, 0.25) is 5.75 Å². The zero-order valence-corrected chi connectivity index (χ0v) is 11.9. The Kier molecular flexibility index (Phi) is 5.68. The van der Waals surface area contributed by atoms with E-state index in [1.54, 1.807) is 13.4 Å². The van der Waals surface area contributed by atoms with Crippen LogP contribution in [0.2, 0.25) is 0 Å². The van der Waals surface area contributed by atoms with Crippen LogP contribution in [0.3, 0.4) is 0 Å². The highest BCUT2D eigenvalue weighted by molar-refractivity contribution is 5.63. The Morgan fingerprint density at radius 3 is 2.44 bits per heavy atom. The number of methoxy groups -OCH3 is 1. The maximum atomic E-state index is 5.38. The molecule has 0 amide bonds. The van der Waals surface area contributed by atoms with Gasteiger partial charge in [-0.05, 0) is 26.2 Å². The highest BCUT2D eigenvalue weighted by atomic mass is 16.5. The Labute approximate surface area is 109 Å². The number of hydrogen-bond acceptors (Lipinski definition) is 5. The summed E-state index contributed by atoms with van der Waals surface area (Å²) >= 11 is 0. The third-order valence-corrected chi connectivity index (χ3v) is 2.56. The Morgan fingerprint density at radius 2 is 1.89 bits per heavy atom. The van der Waals surface area contributed by atoms with Crippen LogP contribution in [0.5, 0.6) is 5.75 Å². The third-order valence-electron chi connectivity index (χ3n) is 2.56. The second-order valence-corrected chi connectivity index (χ2v) is 4.81. The minimum atomic E-state index is 0.350. The van der Waals surface area contributed by atoms with Crippen molar-refractivity contribution in [3.63, 3.8) is 0 Å². The van der Waals surface area contributed by atoms with Gasteiger partial charge in [0.1, 0.15) is 6.33 Å². The second kappa shape index (κ2) is 7.03. The first-order chi connectivity index (χ1) is 8.58. The third kappa shape index (κ3) is 4.05. The maximum absolute atomic E-state index is 5.38. The van der Waals surface area contributed by atoms with Crippen LogP contribution < -0.4 is 15.4 Å². The number of ether oxygens (including phenoxy) is 1. The molecule has 0 aliphatic heterocycles. The van der Waals surface area contributed by atoms with E-state index in [0.29, 0.717) is 17.7 Å². The second-order valence-electron chi connectivity index (χ2n) is 4.81. The van der Waals surface area contributed by atoms with E-state index in [4.69, 9.17) is 4.74 Å². The van der Waals surface area contributed by atoms with Crippen LogP contribution in [0.4, 0.5) is 11.6 Å². The Bertz CT molecular complexity index is 368. The van der Waals surface area contributed by atoms with E-state index in [-0.39, 0.29) is 0 Å². The van der Waals surface area contributed by atoms with Crippen molar-refractivity contribution < 1.29 is 4.74 Å². The number of hydrogen-bond donors (Lipinski definition) is 2. The van der Waals surface area contributed by atoms with E-state index in [2.05, 4.69) is 41.4 Å². The number of nitrogens with one attached hydrogen (secondary N) is 2. The van der Waals surface area contributed by atoms with Crippen molar-refractivity contribution >= 4 is 11.6 Å². The van der Waals surface area contributed by atoms with Crippen molar-refractivity contribution in [2.24, 2.45) is 5.92 Å². The fraction of sp³-hybridized carbons (Fsp3) is 0.692. The van der Waals surface area contributed by atoms with E-state index in [9.17, 15) is 0 Å². The van der Waals surface area contributed by atoms with Gasteiger partial charge in [-0.15, -0.1) is 0 Å². The summed E-state index contributed by atoms with van der Waals surface area (Å²) in [6.45, 7) is 9.39. The Hall–Kier alpha value is -1.52. The highest BCUT2D eigenvalue weighted by Gasteiger charge is 2.14. The molecule has 0 radical (unpaired) electrons. The van der Waals surface area contributed by atoms with Crippen LogP contribution >= 0.6 is 0 Å². The van der Waals surface area contributed by atoms with Crippen molar-refractivity contribution in [3.05, 3.63) is 6.33 Å². The molecule has 1 aromatic heterocycles. The minimum Gasteiger partial charge on any atom is -0.490 e. The molecule has 0 aromatic carbocycles. The van der Waals surface area contributed by atoms with Crippen molar-refractivity contribution in [2.45, 2.75) is 40.2 Å². The zero-order valence-electron chi connectivity index (χ0n) is 11.9. The van der Waals surface area contributed by atoms with Gasteiger partial charge in [0.05, 0.1) is 7.11 Å². The lowest BCUT2D eigenvalue weighted by molar-refractivity contribution is 0.413. The smallest absolute Gasteiger partial charge is 0.204 e. The lowest BCUT2D eigenvalue weighted by Crippen LogP contribution is -2.19. The first-order valence-corrected chi connectivity index (χ1v) is 6.47. The first-order valence-electron chi connectivity index (χ1n) is 6.47. The molecule has 1 atom stereocenters. The zero-order chi connectivity index (χ0) is 13.5. The lowest BCUT2D eigenvalue weighted by Gasteiger charge is -2.19. The van der Waals surface area contributed by atoms with Gasteiger partial charge in [0.25, 0.3) is 0 Å². The summed E-state index contributed by atoms with van der Waals surface area (Å²) in [6, 6.07) is 0.350. The van der Waals surface area contributed by atoms with Gasteiger partial charge in [-0.2, -0.15) is 0 Å². The summed E-state index contributed by atoms with van der Waals surface area (Å²) in [4.78, 5) is 8.43. The van der Waals surface area contributed by atoms with Crippen LogP contribution in [0, 0.1) is 5.92 Å². The molecule has 5 heteroatoms. The molecule has 0 fully saturated rings. The van der Waals surface area contributed by atoms with Gasteiger partial charge in [0.15, 0.2) is 11.6 Å². The van der Waals surface area contributed by atoms with E-state index in [1.807, 2.05) is 6.92 Å². The summed E-state index contributed by atoms with van der Waals surface area (Å²) in [5, 5.41) is 6.54. The Balaban J connectivity index is 2.84. The van der Waals surface area contributed by atoms with Crippen LogP contribution in [0.25, 0.3) is 0 Å². The van der Waals surface area contributed by atoms with Gasteiger partial charge in [-0.1, -0.05) is 13.8 Å². The number of aromatic nitrogens is 2. The molecule has 102 valence electrons. The summed E-state index contributed by atoms with van der Waals surface area (Å²) in [5.41, 5.74) is 0. The molecule has 2 N–H and O–H groups in total. The summed E-state index contributed by atoms with van der Waals surface area (Å²) in [6.07, 6.45) is 2.63. The topological polar surface area (TPSA) is 59.1 Å². The van der Waals surface area contributed by atoms with Crippen molar-refractivity contribution in [2.75, 3.05) is 24.3 Å². The molecular weight excluding hydrogens is 228 g/mol. The molecule has 1 aromatic rings. The predicted molar refractivity (Wildman–Crippen MR) is 75.3 cm³/mol. The molecule has 0 saturated heterocycles. The average Bonchev–Trinajstić information content (AvgIpc) is 2.28. The molecule has 1 unspecified atom stereocenters. The quantitative estimate of drug-likeness (QED) is 0.781. The summed E-state index contributed by atoms with van der Waals surface area (Å²) in [5.74, 6) is 2.80. The predicted octanol–water partition coefficient (Wildman–Crippen LogP) is 2.76. The first kappa shape index (κ1) is 14.5. The number of anilines is 2. The fourth-order valence-electron chi connectivity index (χ4n) is 1.96. The summed E-state index contributed by atoms with van der Waals surface area (Å²) < 4.78 is 5.38. The fourth-order valence-corrected chi connectivity index (χ4v) is 1.96. The minimum absolute atomic E-state index is 0.350. The van der Waals surface area contributed by atoms with Gasteiger partial charge in [0, 0.05) is 12.6 Å². The molecule has 0 saturated carbocycles. The molecule has 18 heavy (non-hydrogen) atoms. The van der Waals surface area contributed by atoms with Crippen LogP contribution in [-0.2, 0) is 0 Å². The molecule has 0 bridgehead atoms. The van der Waals surface area contributed by atoms with Gasteiger partial charge in [-0.25, -0.2) is 9.97 Å². The van der Waals surface area contributed by atoms with Gasteiger partial charge >= 0.3 is 0 Å². The van der Waals surface area contributed by atoms with Crippen LogP contribution in [-0.4, -0.2) is 29.7 Å². The largest absolute Gasteiger partial charge is 0.490 e. The molecule has 0 aliphatic carbocycles. The normalized spacial score (nSPS) is 12.3. The molecule has 1 rings (SSSR count). The van der Waals surface area contributed by atoms with Crippen LogP contribution in [0.15, 0.2) is 6.33 Å². The van der Waals surface area contributed by atoms with Crippen molar-refractivity contribution in [3.8, 4) is 5.75 Å². The van der Waals surface area contributed by atoms with E-state index in [1.165, 1.54) is 0 Å². The average molecular weight is 252 g/mol. The Morgan fingerprint density at radius 1 is 1.22 bits per heavy atom. The monoisotopic (exact) mass is 252 g/mol. The van der Waals surface area contributed by atoms with E-state index >= 15 is 0 Å². The van der Waals surface area contributed by atoms with Crippen molar-refractivity contribution in [1.82, 2.24) is 9.97 Å². The van der Waals surface area contributed by atoms with Crippen LogP contribution in [0.1, 0.15) is 34.1 Å². The lowest BCUT2D eigenvalue weighted by atomic mass is 10.1. The highest BCUT2D eigenvalue weighted by Crippen LogP contribution is 2.29. The molecular formula is C13H24N4O. The standard InChI is InChI=1S/C13H24N4O/c1-6-14-12-11(18-5)13(16-8-15-12)17-10(4)7-9(2)3/h8-10H,6-7H2,1-5H3,(H2,14,15,16,17).